The van der Waals surface area contributed by atoms with Gasteiger partial charge in [0.15, 0.2) is 0 Å². The van der Waals surface area contributed by atoms with E-state index in [-0.39, 0.29) is 17.8 Å². The van der Waals surface area contributed by atoms with Crippen LogP contribution in [0.2, 0.25) is 0 Å². The normalized spacial score (nSPS) is 18.1. The van der Waals surface area contributed by atoms with Crippen LogP contribution in [0.4, 0.5) is 4.39 Å². The summed E-state index contributed by atoms with van der Waals surface area (Å²) in [6, 6.07) is 10.8. The maximum absolute atomic E-state index is 14.5. The number of nitrogens with zero attached hydrogens (tertiary/aromatic N) is 2. The number of methoxy groups -OCH3 is 1. The molecule has 1 atom stereocenters. The van der Waals surface area contributed by atoms with Gasteiger partial charge in [0.25, 0.3) is 0 Å². The molecule has 6 nitrogen and oxygen atoms in total. The minimum atomic E-state index is -0.538. The van der Waals surface area contributed by atoms with Crippen molar-refractivity contribution in [2.75, 3.05) is 13.7 Å². The molecular weight excluding hydrogens is 445 g/mol. The summed E-state index contributed by atoms with van der Waals surface area (Å²) in [5.74, 6) is 1.08. The molecule has 1 aliphatic carbocycles. The number of nitrogens with one attached hydrogen (secondary N) is 1. The highest BCUT2D eigenvalue weighted by molar-refractivity contribution is 5.88. The lowest BCUT2D eigenvalue weighted by atomic mass is 9.78. The van der Waals surface area contributed by atoms with Gasteiger partial charge in [0.1, 0.15) is 23.4 Å². The Morgan fingerprint density at radius 1 is 1.20 bits per heavy atom. The van der Waals surface area contributed by atoms with E-state index in [4.69, 9.17) is 9.47 Å². The number of halogens is 1. The Morgan fingerprint density at radius 2 is 1.94 bits per heavy atom. The molecule has 182 valence electrons. The average Bonchev–Trinajstić information content (AvgIpc) is 3.52. The molecule has 1 fully saturated rings. The van der Waals surface area contributed by atoms with Gasteiger partial charge in [-0.3, -0.25) is 9.78 Å². The molecule has 2 aromatic carbocycles. The molecule has 0 radical (unpaired) electrons. The molecule has 0 bridgehead atoms. The number of fused-ring (bicyclic) bond motifs is 1. The third kappa shape index (κ3) is 4.35. The first-order valence-corrected chi connectivity index (χ1v) is 12.1. The van der Waals surface area contributed by atoms with Crippen LogP contribution >= 0.6 is 0 Å². The van der Waals surface area contributed by atoms with E-state index in [1.54, 1.807) is 13.3 Å². The Kier molecular flexibility index (Phi) is 6.17. The summed E-state index contributed by atoms with van der Waals surface area (Å²) in [6.07, 6.45) is 5.61. The number of hydrogen-bond acceptors (Lipinski definition) is 5. The molecule has 0 spiro atoms. The Balaban J connectivity index is 1.34. The van der Waals surface area contributed by atoms with E-state index in [1.165, 1.54) is 12.1 Å². The predicted molar refractivity (Wildman–Crippen MR) is 131 cm³/mol. The van der Waals surface area contributed by atoms with Crippen molar-refractivity contribution in [3.8, 4) is 22.8 Å². The third-order valence-corrected chi connectivity index (χ3v) is 7.22. The van der Waals surface area contributed by atoms with Gasteiger partial charge < -0.3 is 14.8 Å². The van der Waals surface area contributed by atoms with E-state index in [9.17, 15) is 9.18 Å². The van der Waals surface area contributed by atoms with Crippen LogP contribution in [-0.4, -0.2) is 35.6 Å². The van der Waals surface area contributed by atoms with Crippen LogP contribution in [0.5, 0.6) is 11.5 Å². The van der Waals surface area contributed by atoms with Crippen molar-refractivity contribution < 1.29 is 18.7 Å². The summed E-state index contributed by atoms with van der Waals surface area (Å²) in [5, 5.41) is 3.15. The minimum Gasteiger partial charge on any atom is -0.497 e. The molecule has 3 aromatic rings. The number of carbonyl (C=O) groups excluding carboxylic acids is 1. The standard InChI is InChI=1S/C28H30FN3O3/c1-17-15-30-18(2)25(32-17)24-14-21(29)12-19-13-23(35-26(19)24)16-31-27(33)28(10-4-5-11-28)20-6-8-22(34-3)9-7-20/h6-9,12,14-15,23H,4-5,10-11,13,16H2,1-3H3,(H,31,33). The van der Waals surface area contributed by atoms with Crippen molar-refractivity contribution in [1.29, 1.82) is 0 Å². The van der Waals surface area contributed by atoms with Crippen LogP contribution < -0.4 is 14.8 Å². The quantitative estimate of drug-likeness (QED) is 0.552. The second kappa shape index (κ2) is 9.29. The summed E-state index contributed by atoms with van der Waals surface area (Å²) in [6.45, 7) is 4.06. The van der Waals surface area contributed by atoms with E-state index >= 15 is 0 Å². The van der Waals surface area contributed by atoms with Crippen LogP contribution in [0.15, 0.2) is 42.6 Å². The van der Waals surface area contributed by atoms with Gasteiger partial charge in [-0.05, 0) is 56.5 Å². The Morgan fingerprint density at radius 3 is 2.66 bits per heavy atom. The molecule has 1 saturated carbocycles. The van der Waals surface area contributed by atoms with E-state index in [0.717, 1.165) is 48.3 Å². The van der Waals surface area contributed by atoms with Gasteiger partial charge in [-0.15, -0.1) is 0 Å². The number of rotatable bonds is 6. The largest absolute Gasteiger partial charge is 0.497 e. The van der Waals surface area contributed by atoms with Crippen molar-refractivity contribution in [3.63, 3.8) is 0 Å². The third-order valence-electron chi connectivity index (χ3n) is 7.22. The van der Waals surface area contributed by atoms with Crippen LogP contribution in [0, 0.1) is 19.7 Å². The first-order valence-electron chi connectivity index (χ1n) is 12.1. The maximum atomic E-state index is 14.5. The molecule has 35 heavy (non-hydrogen) atoms. The summed E-state index contributed by atoms with van der Waals surface area (Å²) >= 11 is 0. The summed E-state index contributed by atoms with van der Waals surface area (Å²) in [4.78, 5) is 22.5. The lowest BCUT2D eigenvalue weighted by Gasteiger charge is -2.29. The number of aryl methyl sites for hydroxylation is 2. The van der Waals surface area contributed by atoms with Crippen LogP contribution in [0.25, 0.3) is 11.3 Å². The van der Waals surface area contributed by atoms with Gasteiger partial charge in [0.2, 0.25) is 5.91 Å². The lowest BCUT2D eigenvalue weighted by Crippen LogP contribution is -2.45. The molecule has 1 aliphatic heterocycles. The number of carbonyl (C=O) groups is 1. The zero-order chi connectivity index (χ0) is 24.6. The molecule has 7 heteroatoms. The second-order valence-corrected chi connectivity index (χ2v) is 9.56. The number of benzene rings is 2. The lowest BCUT2D eigenvalue weighted by molar-refractivity contribution is -0.127. The molecule has 2 heterocycles. The fraction of sp³-hybridized carbons (Fsp3) is 0.393. The first kappa shape index (κ1) is 23.3. The second-order valence-electron chi connectivity index (χ2n) is 9.56. The highest BCUT2D eigenvalue weighted by Crippen LogP contribution is 2.43. The molecule has 1 N–H and O–H groups in total. The SMILES string of the molecule is COc1ccc(C2(C(=O)NCC3Cc4cc(F)cc(-c5nc(C)cnc5C)c4O3)CCCC2)cc1. The van der Waals surface area contributed by atoms with E-state index in [1.807, 2.05) is 38.1 Å². The molecule has 1 unspecified atom stereocenters. The van der Waals surface area contributed by atoms with E-state index < -0.39 is 5.41 Å². The molecule has 5 rings (SSSR count). The zero-order valence-electron chi connectivity index (χ0n) is 20.4. The maximum Gasteiger partial charge on any atom is 0.230 e. The monoisotopic (exact) mass is 475 g/mol. The number of amides is 1. The highest BCUT2D eigenvalue weighted by Gasteiger charge is 2.43. The van der Waals surface area contributed by atoms with Crippen molar-refractivity contribution >= 4 is 5.91 Å². The zero-order valence-corrected chi connectivity index (χ0v) is 20.4. The van der Waals surface area contributed by atoms with Gasteiger partial charge in [-0.1, -0.05) is 25.0 Å². The highest BCUT2D eigenvalue weighted by atomic mass is 19.1. The van der Waals surface area contributed by atoms with Gasteiger partial charge >= 0.3 is 0 Å². The summed E-state index contributed by atoms with van der Waals surface area (Å²) in [5.41, 5.74) is 3.96. The van der Waals surface area contributed by atoms with Crippen LogP contribution in [-0.2, 0) is 16.6 Å². The van der Waals surface area contributed by atoms with Gasteiger partial charge in [-0.25, -0.2) is 9.37 Å². The van der Waals surface area contributed by atoms with Crippen molar-refractivity contribution in [1.82, 2.24) is 15.3 Å². The first-order chi connectivity index (χ1) is 16.9. The van der Waals surface area contributed by atoms with E-state index in [2.05, 4.69) is 15.3 Å². The number of hydrogen-bond donors (Lipinski definition) is 1. The topological polar surface area (TPSA) is 73.3 Å². The van der Waals surface area contributed by atoms with Crippen molar-refractivity contribution in [2.45, 2.75) is 57.5 Å². The van der Waals surface area contributed by atoms with E-state index in [0.29, 0.717) is 35.7 Å². The minimum absolute atomic E-state index is 0.0199. The van der Waals surface area contributed by atoms with Crippen molar-refractivity contribution in [3.05, 3.63) is 70.9 Å². The smallest absolute Gasteiger partial charge is 0.230 e. The molecule has 2 aliphatic rings. The summed E-state index contributed by atoms with van der Waals surface area (Å²) < 4.78 is 26.0. The number of ether oxygens (including phenoxy) is 2. The van der Waals surface area contributed by atoms with Gasteiger partial charge in [0, 0.05) is 23.7 Å². The molecule has 1 amide bonds. The van der Waals surface area contributed by atoms with Gasteiger partial charge in [-0.2, -0.15) is 0 Å². The fourth-order valence-electron chi connectivity index (χ4n) is 5.39. The fourth-order valence-corrected chi connectivity index (χ4v) is 5.39. The molecule has 0 saturated heterocycles. The number of aromatic nitrogens is 2. The van der Waals surface area contributed by atoms with Crippen LogP contribution in [0.3, 0.4) is 0 Å². The Labute approximate surface area is 204 Å². The summed E-state index contributed by atoms with van der Waals surface area (Å²) in [7, 11) is 1.64. The Hall–Kier alpha value is -3.48. The molecule has 1 aromatic heterocycles. The van der Waals surface area contributed by atoms with Gasteiger partial charge in [0.05, 0.1) is 36.2 Å². The molecular formula is C28H30FN3O3. The average molecular weight is 476 g/mol. The predicted octanol–water partition coefficient (Wildman–Crippen LogP) is 4.84. The Bertz CT molecular complexity index is 1250. The van der Waals surface area contributed by atoms with Crippen molar-refractivity contribution in [2.24, 2.45) is 0 Å². The van der Waals surface area contributed by atoms with Crippen LogP contribution in [0.1, 0.15) is 48.2 Å².